The van der Waals surface area contributed by atoms with Crippen LogP contribution in [0, 0.1) is 6.92 Å². The summed E-state index contributed by atoms with van der Waals surface area (Å²) < 4.78 is 5.33. The molecule has 4 nitrogen and oxygen atoms in total. The van der Waals surface area contributed by atoms with Gasteiger partial charge in [0.1, 0.15) is 5.60 Å². The number of rotatable bonds is 4. The average molecular weight is 395 g/mol. The maximum atomic E-state index is 12.1. The number of carbonyl (C=O) groups excluding carboxylic acids is 1. The maximum Gasteiger partial charge on any atom is 0.407 e. The Labute approximate surface area is 164 Å². The summed E-state index contributed by atoms with van der Waals surface area (Å²) in [4.78, 5) is 12.1. The molecule has 1 amide bonds. The zero-order chi connectivity index (χ0) is 19.5. The SMILES string of the molecule is Cc1cc(C(CNC(=O)OC(C)(C)C)c2ccc(Cl)cc2)c(Cl)cc1N. The van der Waals surface area contributed by atoms with Gasteiger partial charge in [-0.1, -0.05) is 41.4 Å². The predicted octanol–water partition coefficient (Wildman–Crippen LogP) is 5.54. The number of carbonyl (C=O) groups is 1. The van der Waals surface area contributed by atoms with Crippen molar-refractivity contribution < 1.29 is 9.53 Å². The molecule has 2 aromatic carbocycles. The molecule has 0 aliphatic rings. The lowest BCUT2D eigenvalue weighted by molar-refractivity contribution is 0.0526. The van der Waals surface area contributed by atoms with E-state index in [2.05, 4.69) is 5.32 Å². The van der Waals surface area contributed by atoms with Crippen LogP contribution in [0.3, 0.4) is 0 Å². The van der Waals surface area contributed by atoms with Gasteiger partial charge in [-0.05, 0) is 62.6 Å². The van der Waals surface area contributed by atoms with E-state index in [1.807, 2.05) is 58.0 Å². The van der Waals surface area contributed by atoms with Crippen molar-refractivity contribution >= 4 is 35.0 Å². The minimum absolute atomic E-state index is 0.161. The summed E-state index contributed by atoms with van der Waals surface area (Å²) in [6.45, 7) is 7.73. The normalized spacial score (nSPS) is 12.5. The second kappa shape index (κ2) is 8.19. The fraction of sp³-hybridized carbons (Fsp3) is 0.350. The maximum absolute atomic E-state index is 12.1. The molecule has 1 atom stereocenters. The van der Waals surface area contributed by atoms with Crippen LogP contribution < -0.4 is 11.1 Å². The second-order valence-corrected chi connectivity index (χ2v) is 8.06. The number of anilines is 1. The molecule has 140 valence electrons. The number of benzene rings is 2. The van der Waals surface area contributed by atoms with Gasteiger partial charge in [0.05, 0.1) is 0 Å². The molecule has 0 fully saturated rings. The molecule has 0 aliphatic carbocycles. The smallest absolute Gasteiger partial charge is 0.407 e. The minimum atomic E-state index is -0.560. The van der Waals surface area contributed by atoms with Gasteiger partial charge in [0.2, 0.25) is 0 Å². The summed E-state index contributed by atoms with van der Waals surface area (Å²) in [6.07, 6.45) is -0.472. The molecule has 2 aromatic rings. The Morgan fingerprint density at radius 2 is 1.81 bits per heavy atom. The van der Waals surface area contributed by atoms with Crippen molar-refractivity contribution in [3.05, 3.63) is 63.1 Å². The molecule has 0 aliphatic heterocycles. The van der Waals surface area contributed by atoms with Crippen LogP contribution in [0.25, 0.3) is 0 Å². The van der Waals surface area contributed by atoms with E-state index in [-0.39, 0.29) is 5.92 Å². The highest BCUT2D eigenvalue weighted by molar-refractivity contribution is 6.32. The van der Waals surface area contributed by atoms with Crippen molar-refractivity contribution in [1.82, 2.24) is 5.32 Å². The van der Waals surface area contributed by atoms with Gasteiger partial charge in [0, 0.05) is 28.2 Å². The van der Waals surface area contributed by atoms with Crippen LogP contribution in [0.15, 0.2) is 36.4 Å². The molecule has 0 radical (unpaired) electrons. The third-order valence-corrected chi connectivity index (χ3v) is 4.46. The van der Waals surface area contributed by atoms with E-state index in [0.29, 0.717) is 22.3 Å². The highest BCUT2D eigenvalue weighted by Gasteiger charge is 2.21. The molecule has 0 heterocycles. The Balaban J connectivity index is 2.33. The first-order chi connectivity index (χ1) is 12.1. The number of hydrogen-bond acceptors (Lipinski definition) is 3. The van der Waals surface area contributed by atoms with Gasteiger partial charge in [-0.3, -0.25) is 0 Å². The van der Waals surface area contributed by atoms with Crippen LogP contribution in [-0.2, 0) is 4.74 Å². The van der Waals surface area contributed by atoms with Gasteiger partial charge in [-0.25, -0.2) is 4.79 Å². The lowest BCUT2D eigenvalue weighted by Crippen LogP contribution is -2.35. The fourth-order valence-corrected chi connectivity index (χ4v) is 3.02. The number of nitrogen functional groups attached to an aromatic ring is 1. The summed E-state index contributed by atoms with van der Waals surface area (Å²) in [5, 5.41) is 4.03. The molecule has 3 N–H and O–H groups in total. The molecular formula is C20H24Cl2N2O2. The van der Waals surface area contributed by atoms with Crippen LogP contribution in [0.1, 0.15) is 43.4 Å². The Hall–Kier alpha value is -1.91. The van der Waals surface area contributed by atoms with Gasteiger partial charge in [-0.15, -0.1) is 0 Å². The van der Waals surface area contributed by atoms with Crippen molar-refractivity contribution in [2.24, 2.45) is 0 Å². The third kappa shape index (κ3) is 5.55. The summed E-state index contributed by atoms with van der Waals surface area (Å²) in [5.41, 5.74) is 8.82. The van der Waals surface area contributed by atoms with Crippen molar-refractivity contribution in [1.29, 1.82) is 0 Å². The first-order valence-corrected chi connectivity index (χ1v) is 9.10. The van der Waals surface area contributed by atoms with Crippen LogP contribution in [0.2, 0.25) is 10.0 Å². The van der Waals surface area contributed by atoms with Gasteiger partial charge < -0.3 is 15.8 Å². The molecule has 6 heteroatoms. The lowest BCUT2D eigenvalue weighted by atomic mass is 9.90. The molecule has 0 spiro atoms. The van der Waals surface area contributed by atoms with E-state index >= 15 is 0 Å². The lowest BCUT2D eigenvalue weighted by Gasteiger charge is -2.23. The van der Waals surface area contributed by atoms with Gasteiger partial charge in [0.25, 0.3) is 0 Å². The summed E-state index contributed by atoms with van der Waals surface area (Å²) in [6, 6.07) is 11.2. The topological polar surface area (TPSA) is 64.3 Å². The number of nitrogens with one attached hydrogen (secondary N) is 1. The van der Waals surface area contributed by atoms with E-state index < -0.39 is 11.7 Å². The van der Waals surface area contributed by atoms with Gasteiger partial charge >= 0.3 is 6.09 Å². The van der Waals surface area contributed by atoms with E-state index in [9.17, 15) is 4.79 Å². The van der Waals surface area contributed by atoms with Gasteiger partial charge in [0.15, 0.2) is 0 Å². The number of amides is 1. The van der Waals surface area contributed by atoms with E-state index in [1.54, 1.807) is 6.07 Å². The third-order valence-electron chi connectivity index (χ3n) is 3.88. The highest BCUT2D eigenvalue weighted by Crippen LogP contribution is 2.33. The molecule has 1 unspecified atom stereocenters. The number of halogens is 2. The molecule has 0 aromatic heterocycles. The zero-order valence-electron chi connectivity index (χ0n) is 15.4. The Bertz CT molecular complexity index is 784. The quantitative estimate of drug-likeness (QED) is 0.668. The van der Waals surface area contributed by atoms with Crippen LogP contribution in [0.4, 0.5) is 10.5 Å². The van der Waals surface area contributed by atoms with Crippen LogP contribution >= 0.6 is 23.2 Å². The molecule has 0 bridgehead atoms. The zero-order valence-corrected chi connectivity index (χ0v) is 16.9. The summed E-state index contributed by atoms with van der Waals surface area (Å²) in [7, 11) is 0. The van der Waals surface area contributed by atoms with Crippen molar-refractivity contribution in [2.45, 2.75) is 39.2 Å². The predicted molar refractivity (Wildman–Crippen MR) is 108 cm³/mol. The van der Waals surface area contributed by atoms with Crippen molar-refractivity contribution in [3.8, 4) is 0 Å². The molecular weight excluding hydrogens is 371 g/mol. The van der Waals surface area contributed by atoms with Crippen LogP contribution in [-0.4, -0.2) is 18.2 Å². The monoisotopic (exact) mass is 394 g/mol. The Kier molecular flexibility index (Phi) is 6.43. The number of nitrogens with two attached hydrogens (primary N) is 1. The van der Waals surface area contributed by atoms with Gasteiger partial charge in [-0.2, -0.15) is 0 Å². The average Bonchev–Trinajstić information content (AvgIpc) is 2.52. The Morgan fingerprint density at radius 1 is 1.19 bits per heavy atom. The number of hydrogen-bond donors (Lipinski definition) is 2. The minimum Gasteiger partial charge on any atom is -0.444 e. The molecule has 0 saturated heterocycles. The first-order valence-electron chi connectivity index (χ1n) is 8.34. The first kappa shape index (κ1) is 20.4. The van der Waals surface area contributed by atoms with Crippen LogP contribution in [0.5, 0.6) is 0 Å². The van der Waals surface area contributed by atoms with E-state index in [0.717, 1.165) is 16.7 Å². The molecule has 26 heavy (non-hydrogen) atoms. The van der Waals surface area contributed by atoms with E-state index in [4.69, 9.17) is 33.7 Å². The highest BCUT2D eigenvalue weighted by atomic mass is 35.5. The largest absolute Gasteiger partial charge is 0.444 e. The summed E-state index contributed by atoms with van der Waals surface area (Å²) >= 11 is 12.5. The number of ether oxygens (including phenoxy) is 1. The molecule has 0 saturated carbocycles. The second-order valence-electron chi connectivity index (χ2n) is 7.22. The number of aryl methyl sites for hydroxylation is 1. The Morgan fingerprint density at radius 3 is 2.38 bits per heavy atom. The van der Waals surface area contributed by atoms with Crippen molar-refractivity contribution in [3.63, 3.8) is 0 Å². The van der Waals surface area contributed by atoms with E-state index in [1.165, 1.54) is 0 Å². The van der Waals surface area contributed by atoms with Crippen molar-refractivity contribution in [2.75, 3.05) is 12.3 Å². The fourth-order valence-electron chi connectivity index (χ4n) is 2.59. The number of alkyl carbamates (subject to hydrolysis) is 1. The summed E-state index contributed by atoms with van der Waals surface area (Å²) in [5.74, 6) is -0.161. The molecule has 2 rings (SSSR count). The standard InChI is InChI=1S/C20H24Cl2N2O2/c1-12-9-15(17(22)10-18(12)23)16(13-5-7-14(21)8-6-13)11-24-19(25)26-20(2,3)4/h5-10,16H,11,23H2,1-4H3,(H,24,25).